The first-order valence-corrected chi connectivity index (χ1v) is 32.1. The molecular weight excluding hydrogens is 1230 g/mol. The van der Waals surface area contributed by atoms with Crippen molar-refractivity contribution in [3.8, 4) is 0 Å². The lowest BCUT2D eigenvalue weighted by molar-refractivity contribution is -0.144. The number of hydrogen-bond acceptors (Lipinski definition) is 8. The third kappa shape index (κ3) is 12.1. The van der Waals surface area contributed by atoms with E-state index in [9.17, 15) is 26.4 Å². The minimum absolute atomic E-state index is 0.0498. The topological polar surface area (TPSA) is 137 Å². The van der Waals surface area contributed by atoms with Crippen molar-refractivity contribution < 1.29 is 35.9 Å². The van der Waals surface area contributed by atoms with Crippen LogP contribution in [0.1, 0.15) is 82.9 Å². The molecule has 0 amide bonds. The normalized spacial score (nSPS) is 14.8. The summed E-state index contributed by atoms with van der Waals surface area (Å²) in [6.07, 6.45) is 1.76. The van der Waals surface area contributed by atoms with Crippen LogP contribution in [0, 0.1) is 13.8 Å². The molecule has 2 aliphatic rings. The van der Waals surface area contributed by atoms with Crippen molar-refractivity contribution in [2.45, 2.75) is 61.8 Å². The van der Waals surface area contributed by atoms with Gasteiger partial charge < -0.3 is 18.6 Å². The van der Waals surface area contributed by atoms with E-state index < -0.39 is 56.3 Å². The Morgan fingerprint density at radius 3 is 1.03 bits per heavy atom. The summed E-state index contributed by atoms with van der Waals surface area (Å²) in [5, 5.41) is 3.66. The molecule has 0 fully saturated rings. The van der Waals surface area contributed by atoms with Gasteiger partial charge in [0.1, 0.15) is 12.1 Å². The molecule has 8 aromatic carbocycles. The number of nitrogens with zero attached hydrogens (tertiary/aromatic N) is 4. The molecule has 10 aromatic rings. The molecule has 0 bridgehead atoms. The van der Waals surface area contributed by atoms with Crippen LogP contribution < -0.4 is 0 Å². The van der Waals surface area contributed by atoms with Gasteiger partial charge in [0.25, 0.3) is 20.0 Å². The van der Waals surface area contributed by atoms with Gasteiger partial charge in [-0.15, -0.1) is 0 Å². The predicted octanol–water partition coefficient (Wildman–Crippen LogP) is 17.4. The van der Waals surface area contributed by atoms with E-state index in [2.05, 4.69) is 13.2 Å². The number of aromatic nitrogens is 2. The second-order valence-electron chi connectivity index (χ2n) is 21.4. The maximum absolute atomic E-state index is 14.3. The van der Waals surface area contributed by atoms with Gasteiger partial charge in [-0.2, -0.15) is 0 Å². The number of aryl methyl sites for hydroxylation is 2. The molecule has 0 radical (unpaired) electrons. The summed E-state index contributed by atoms with van der Waals surface area (Å²) in [6.45, 7) is 15.5. The highest BCUT2D eigenvalue weighted by Crippen LogP contribution is 2.46. The van der Waals surface area contributed by atoms with E-state index in [4.69, 9.17) is 55.9 Å². The van der Waals surface area contributed by atoms with Crippen LogP contribution in [0.25, 0.3) is 34.2 Å². The Morgan fingerprint density at radius 2 is 0.727 bits per heavy atom. The first kappa shape index (κ1) is 61.1. The summed E-state index contributed by atoms with van der Waals surface area (Å²) < 4.78 is 75.7. The Bertz CT molecular complexity index is 4340. The van der Waals surface area contributed by atoms with E-state index in [0.29, 0.717) is 65.1 Å². The van der Waals surface area contributed by atoms with Crippen LogP contribution in [0.2, 0.25) is 20.1 Å². The van der Waals surface area contributed by atoms with E-state index in [1.807, 2.05) is 83.6 Å². The second kappa shape index (κ2) is 24.9. The van der Waals surface area contributed by atoms with Gasteiger partial charge in [0, 0.05) is 54.7 Å². The summed E-state index contributed by atoms with van der Waals surface area (Å²) in [5.41, 5.74) is 7.95. The number of esters is 2. The van der Waals surface area contributed by atoms with Crippen LogP contribution in [-0.2, 0) is 39.1 Å². The summed E-state index contributed by atoms with van der Waals surface area (Å²) in [4.78, 5) is 28.4. The van der Waals surface area contributed by atoms with Gasteiger partial charge in [-0.05, 0) is 147 Å². The summed E-state index contributed by atoms with van der Waals surface area (Å²) in [7, 11) is -8.26. The van der Waals surface area contributed by atoms with Gasteiger partial charge >= 0.3 is 11.9 Å². The average Bonchev–Trinajstić information content (AvgIpc) is 1.49. The second-order valence-corrected chi connectivity index (χ2v) is 26.8. The predicted molar refractivity (Wildman–Crippen MR) is 350 cm³/mol. The largest absolute Gasteiger partial charge is 0.449 e. The first-order valence-electron chi connectivity index (χ1n) is 27.7. The number of carbonyl (C=O) groups excluding carboxylic acids is 2. The molecule has 18 heteroatoms. The van der Waals surface area contributed by atoms with Crippen molar-refractivity contribution in [1.82, 2.24) is 17.7 Å². The van der Waals surface area contributed by atoms with Gasteiger partial charge in [-0.25, -0.2) is 26.4 Å². The van der Waals surface area contributed by atoms with E-state index in [1.54, 1.807) is 172 Å². The SMILES string of the molecule is C=C(C(=O)OC(c1cccc(Cl)c1)c1cccc(Cl)c1)[C@@H]1c2cc3ccccc3n2C=C(C)N1S(=O)(=O)c1ccc(C)cc1.C=C(C(=O)OC(c1cccc(Cl)c1)c1cccc(Cl)c1)[C@H]1c2cc3ccccc3n2C=C(C)N1S(=O)(=O)c1ccc(C)cc1. The Labute approximate surface area is 531 Å². The number of rotatable bonds is 14. The lowest BCUT2D eigenvalue weighted by Gasteiger charge is -2.37. The van der Waals surface area contributed by atoms with Crippen LogP contribution in [0.3, 0.4) is 0 Å². The van der Waals surface area contributed by atoms with Crippen LogP contribution in [-0.4, -0.2) is 46.5 Å². The highest BCUT2D eigenvalue weighted by molar-refractivity contribution is 7.89. The molecule has 0 unspecified atom stereocenters. The molecule has 0 saturated carbocycles. The molecule has 0 aliphatic carbocycles. The molecule has 12 nitrogen and oxygen atoms in total. The molecule has 2 aliphatic heterocycles. The number of ether oxygens (including phenoxy) is 2. The molecule has 2 aromatic heterocycles. The number of sulfonamides is 2. The fourth-order valence-electron chi connectivity index (χ4n) is 11.1. The number of benzene rings is 8. The summed E-state index contributed by atoms with van der Waals surface area (Å²) in [5.74, 6) is -1.54. The highest BCUT2D eigenvalue weighted by Gasteiger charge is 2.44. The van der Waals surface area contributed by atoms with E-state index >= 15 is 0 Å². The van der Waals surface area contributed by atoms with Crippen LogP contribution in [0.15, 0.2) is 252 Å². The Morgan fingerprint density at radius 1 is 0.420 bits per heavy atom. The van der Waals surface area contributed by atoms with Crippen molar-refractivity contribution >= 4 is 113 Å². The van der Waals surface area contributed by atoms with Crippen LogP contribution in [0.4, 0.5) is 0 Å². The lowest BCUT2D eigenvalue weighted by atomic mass is 10.00. The Hall–Kier alpha value is -8.60. The molecular formula is C70H56Cl4N4O8S2. The minimum Gasteiger partial charge on any atom is -0.449 e. The molecule has 4 heterocycles. The number of halogens is 4. The number of para-hydroxylation sites is 2. The Kier molecular flexibility index (Phi) is 17.3. The maximum Gasteiger partial charge on any atom is 0.336 e. The van der Waals surface area contributed by atoms with Gasteiger partial charge in [-0.1, -0.05) is 180 Å². The van der Waals surface area contributed by atoms with Crippen molar-refractivity contribution in [1.29, 1.82) is 0 Å². The Balaban J connectivity index is 0.000000182. The van der Waals surface area contributed by atoms with Crippen molar-refractivity contribution in [2.75, 3.05) is 0 Å². The molecule has 88 heavy (non-hydrogen) atoms. The number of allylic oxidation sites excluding steroid dienone is 2. The molecule has 12 rings (SSSR count). The van der Waals surface area contributed by atoms with E-state index in [-0.39, 0.29) is 20.9 Å². The quantitative estimate of drug-likeness (QED) is 0.0775. The standard InChI is InChI=1S/2C35H28Cl2N2O4S/c2*1-22-14-16-30(17-15-22)44(41,42)39-23(2)21-38-31-13-5-4-8-25(31)20-32(38)33(39)24(3)35(40)43-34(26-9-6-11-28(36)18-26)27-10-7-12-29(37)19-27/h2*4-21,33-34H,3H2,1-2H3/t2*33-/m10/s1. The molecule has 0 spiro atoms. The van der Waals surface area contributed by atoms with Crippen molar-refractivity contribution in [2.24, 2.45) is 0 Å². The molecule has 2 atom stereocenters. The zero-order valence-electron chi connectivity index (χ0n) is 47.9. The molecule has 444 valence electrons. The number of carbonyl (C=O) groups is 2. The monoisotopic (exact) mass is 1280 g/mol. The van der Waals surface area contributed by atoms with Gasteiger partial charge in [-0.3, -0.25) is 8.61 Å². The van der Waals surface area contributed by atoms with Gasteiger partial charge in [0.15, 0.2) is 12.2 Å². The smallest absolute Gasteiger partial charge is 0.336 e. The zero-order chi connectivity index (χ0) is 62.3. The first-order chi connectivity index (χ1) is 42.1. The van der Waals surface area contributed by atoms with Gasteiger partial charge in [0.2, 0.25) is 0 Å². The summed E-state index contributed by atoms with van der Waals surface area (Å²) in [6, 6.07) is 58.2. The number of fused-ring (bicyclic) bond motifs is 6. The zero-order valence-corrected chi connectivity index (χ0v) is 52.5. The minimum atomic E-state index is -4.13. The van der Waals surface area contributed by atoms with E-state index in [0.717, 1.165) is 32.9 Å². The van der Waals surface area contributed by atoms with Crippen LogP contribution in [0.5, 0.6) is 0 Å². The number of hydrogen-bond donors (Lipinski definition) is 0. The van der Waals surface area contributed by atoms with Crippen LogP contribution >= 0.6 is 46.4 Å². The third-order valence-corrected chi connectivity index (χ3v) is 20.0. The summed E-state index contributed by atoms with van der Waals surface area (Å²) >= 11 is 25.2. The van der Waals surface area contributed by atoms with Crippen molar-refractivity contribution in [3.05, 3.63) is 307 Å². The maximum atomic E-state index is 14.3. The molecule has 0 saturated heterocycles. The fraction of sp³-hybridized carbons (Fsp3) is 0.114. The van der Waals surface area contributed by atoms with Crippen molar-refractivity contribution in [3.63, 3.8) is 0 Å². The fourth-order valence-corrected chi connectivity index (χ4v) is 15.2. The van der Waals surface area contributed by atoms with E-state index in [1.165, 1.54) is 8.61 Å². The average molecular weight is 1290 g/mol. The van der Waals surface area contributed by atoms with Gasteiger partial charge in [0.05, 0.1) is 43.4 Å². The third-order valence-electron chi connectivity index (χ3n) is 15.3. The molecule has 0 N–H and O–H groups in total. The highest BCUT2D eigenvalue weighted by atomic mass is 35.5. The lowest BCUT2D eigenvalue weighted by Crippen LogP contribution is -2.39.